The van der Waals surface area contributed by atoms with Gasteiger partial charge in [0.25, 0.3) is 5.91 Å². The molecule has 0 spiro atoms. The third-order valence-corrected chi connectivity index (χ3v) is 7.29. The fourth-order valence-electron chi connectivity index (χ4n) is 4.54. The van der Waals surface area contributed by atoms with Gasteiger partial charge in [-0.25, -0.2) is 0 Å². The Balaban J connectivity index is 1.36. The molecule has 1 atom stereocenters. The van der Waals surface area contributed by atoms with Crippen LogP contribution in [0.25, 0.3) is 0 Å². The maximum atomic E-state index is 13.1. The molecule has 4 nitrogen and oxygen atoms in total. The number of amides is 1. The van der Waals surface area contributed by atoms with Gasteiger partial charge in [-0.2, -0.15) is 0 Å². The quantitative estimate of drug-likeness (QED) is 0.806. The van der Waals surface area contributed by atoms with E-state index >= 15 is 0 Å². The molecule has 1 aromatic rings. The molecule has 0 N–H and O–H groups in total. The molecule has 0 aromatic carbocycles. The second-order valence-electron chi connectivity index (χ2n) is 8.05. The number of hydrogen-bond donors (Lipinski definition) is 0. The van der Waals surface area contributed by atoms with Crippen molar-refractivity contribution in [1.82, 2.24) is 9.80 Å². The Morgan fingerprint density at radius 1 is 1.04 bits per heavy atom. The standard InChI is InChI=1S/C21H32N2O2S/c24-21(20-15-17-7-3-1-2-4-9-19(17)26-20)23-11-6-10-22(12-13-23)16-18-8-5-14-25-18/h15,18H,1-14,16H2/t18-/m1/s1. The van der Waals surface area contributed by atoms with Crippen molar-refractivity contribution in [2.75, 3.05) is 39.3 Å². The fraction of sp³-hybridized carbons (Fsp3) is 0.762. The summed E-state index contributed by atoms with van der Waals surface area (Å²) in [5.41, 5.74) is 1.45. The first-order chi connectivity index (χ1) is 12.8. The van der Waals surface area contributed by atoms with Crippen molar-refractivity contribution >= 4 is 17.2 Å². The zero-order valence-corrected chi connectivity index (χ0v) is 16.7. The van der Waals surface area contributed by atoms with Gasteiger partial charge < -0.3 is 9.64 Å². The van der Waals surface area contributed by atoms with Crippen LogP contribution in [-0.2, 0) is 17.6 Å². The lowest BCUT2D eigenvalue weighted by molar-refractivity contribution is 0.0706. The molecule has 1 aliphatic carbocycles. The summed E-state index contributed by atoms with van der Waals surface area (Å²) in [6.07, 6.45) is 11.4. The normalized spacial score (nSPS) is 25.4. The van der Waals surface area contributed by atoms with Crippen molar-refractivity contribution in [2.24, 2.45) is 0 Å². The Morgan fingerprint density at radius 3 is 2.77 bits per heavy atom. The van der Waals surface area contributed by atoms with Crippen molar-refractivity contribution in [3.63, 3.8) is 0 Å². The number of thiophene rings is 1. The fourth-order valence-corrected chi connectivity index (χ4v) is 5.76. The molecule has 0 unspecified atom stereocenters. The predicted octanol–water partition coefficient (Wildman–Crippen LogP) is 3.73. The van der Waals surface area contributed by atoms with Crippen molar-refractivity contribution in [3.05, 3.63) is 21.4 Å². The first kappa shape index (κ1) is 18.5. The summed E-state index contributed by atoms with van der Waals surface area (Å²) in [6, 6.07) is 2.21. The van der Waals surface area contributed by atoms with Crippen LogP contribution in [0, 0.1) is 0 Å². The predicted molar refractivity (Wildman–Crippen MR) is 106 cm³/mol. The Morgan fingerprint density at radius 2 is 1.92 bits per heavy atom. The molecule has 1 aromatic heterocycles. The minimum absolute atomic E-state index is 0.265. The molecule has 144 valence electrons. The van der Waals surface area contributed by atoms with Crippen LogP contribution >= 0.6 is 11.3 Å². The second-order valence-corrected chi connectivity index (χ2v) is 9.19. The van der Waals surface area contributed by atoms with Crippen LogP contribution in [0.3, 0.4) is 0 Å². The topological polar surface area (TPSA) is 32.8 Å². The number of fused-ring (bicyclic) bond motifs is 1. The van der Waals surface area contributed by atoms with Crippen LogP contribution in [0.5, 0.6) is 0 Å². The third kappa shape index (κ3) is 4.49. The van der Waals surface area contributed by atoms with Crippen LogP contribution in [0.1, 0.15) is 65.1 Å². The first-order valence-electron chi connectivity index (χ1n) is 10.5. The van der Waals surface area contributed by atoms with E-state index < -0.39 is 0 Å². The van der Waals surface area contributed by atoms with Crippen LogP contribution in [0.15, 0.2) is 6.07 Å². The van der Waals surface area contributed by atoms with E-state index in [-0.39, 0.29) is 5.91 Å². The smallest absolute Gasteiger partial charge is 0.263 e. The van der Waals surface area contributed by atoms with Crippen molar-refractivity contribution in [1.29, 1.82) is 0 Å². The summed E-state index contributed by atoms with van der Waals surface area (Å²) in [4.78, 5) is 20.1. The molecule has 4 rings (SSSR count). The number of carbonyl (C=O) groups is 1. The van der Waals surface area contributed by atoms with Gasteiger partial charge in [0.2, 0.25) is 0 Å². The zero-order chi connectivity index (χ0) is 17.8. The number of rotatable bonds is 3. The van der Waals surface area contributed by atoms with Crippen LogP contribution in [0.2, 0.25) is 0 Å². The Kier molecular flexibility index (Phi) is 6.28. The molecule has 26 heavy (non-hydrogen) atoms. The van der Waals surface area contributed by atoms with Crippen LogP contribution in [0.4, 0.5) is 0 Å². The average Bonchev–Trinajstić information content (AvgIpc) is 3.20. The molecule has 0 saturated carbocycles. The highest BCUT2D eigenvalue weighted by Gasteiger charge is 2.25. The SMILES string of the molecule is O=C(c1cc2c(s1)CCCCCC2)N1CCCN(C[C@H]2CCCO2)CC1. The van der Waals surface area contributed by atoms with E-state index in [1.165, 1.54) is 55.4 Å². The molecular weight excluding hydrogens is 344 g/mol. The summed E-state index contributed by atoms with van der Waals surface area (Å²) >= 11 is 1.77. The molecule has 2 aliphatic heterocycles. The van der Waals surface area contributed by atoms with Crippen molar-refractivity contribution < 1.29 is 9.53 Å². The number of hydrogen-bond acceptors (Lipinski definition) is 4. The highest BCUT2D eigenvalue weighted by atomic mass is 32.1. The Labute approximate surface area is 161 Å². The number of aryl methyl sites for hydroxylation is 2. The van der Waals surface area contributed by atoms with Gasteiger partial charge in [0.15, 0.2) is 0 Å². The van der Waals surface area contributed by atoms with E-state index in [2.05, 4.69) is 15.9 Å². The average molecular weight is 377 g/mol. The molecule has 3 heterocycles. The van der Waals surface area contributed by atoms with Gasteiger partial charge in [-0.1, -0.05) is 12.8 Å². The van der Waals surface area contributed by atoms with Gasteiger partial charge >= 0.3 is 0 Å². The zero-order valence-electron chi connectivity index (χ0n) is 15.9. The molecule has 1 amide bonds. The number of carbonyl (C=O) groups excluding carboxylic acids is 1. The second kappa shape index (κ2) is 8.85. The van der Waals surface area contributed by atoms with Gasteiger partial charge in [-0.3, -0.25) is 9.69 Å². The van der Waals surface area contributed by atoms with Gasteiger partial charge in [0, 0.05) is 37.7 Å². The van der Waals surface area contributed by atoms with Gasteiger partial charge in [-0.05, 0) is 63.1 Å². The molecular formula is C21H32N2O2S. The summed E-state index contributed by atoms with van der Waals surface area (Å²) in [5.74, 6) is 0.265. The summed E-state index contributed by atoms with van der Waals surface area (Å²) in [6.45, 7) is 5.78. The lowest BCUT2D eigenvalue weighted by Gasteiger charge is -2.23. The highest BCUT2D eigenvalue weighted by molar-refractivity contribution is 7.14. The monoisotopic (exact) mass is 376 g/mol. The van der Waals surface area contributed by atoms with Crippen molar-refractivity contribution in [2.45, 2.75) is 63.9 Å². The molecule has 2 fully saturated rings. The molecule has 3 aliphatic rings. The van der Waals surface area contributed by atoms with Crippen LogP contribution < -0.4 is 0 Å². The van der Waals surface area contributed by atoms with Crippen LogP contribution in [-0.4, -0.2) is 61.1 Å². The number of nitrogens with zero attached hydrogens (tertiary/aromatic N) is 2. The first-order valence-corrected chi connectivity index (χ1v) is 11.4. The van der Waals surface area contributed by atoms with Gasteiger partial charge in [-0.15, -0.1) is 11.3 Å². The minimum Gasteiger partial charge on any atom is -0.377 e. The molecule has 2 saturated heterocycles. The summed E-state index contributed by atoms with van der Waals surface area (Å²) in [5, 5.41) is 0. The van der Waals surface area contributed by atoms with Gasteiger partial charge in [0.05, 0.1) is 11.0 Å². The summed E-state index contributed by atoms with van der Waals surface area (Å²) in [7, 11) is 0. The summed E-state index contributed by atoms with van der Waals surface area (Å²) < 4.78 is 5.79. The molecule has 0 bridgehead atoms. The van der Waals surface area contributed by atoms with Crippen molar-refractivity contribution in [3.8, 4) is 0 Å². The van der Waals surface area contributed by atoms with E-state index in [1.54, 1.807) is 11.3 Å². The Bertz CT molecular complexity index is 584. The van der Waals surface area contributed by atoms with E-state index in [0.29, 0.717) is 6.10 Å². The third-order valence-electron chi connectivity index (χ3n) is 6.07. The molecule has 0 radical (unpaired) electrons. The number of ether oxygens (including phenoxy) is 1. The van der Waals surface area contributed by atoms with E-state index in [1.807, 2.05) is 0 Å². The van der Waals surface area contributed by atoms with E-state index in [4.69, 9.17) is 4.74 Å². The lowest BCUT2D eigenvalue weighted by Crippen LogP contribution is -2.37. The van der Waals surface area contributed by atoms with Gasteiger partial charge in [0.1, 0.15) is 0 Å². The molecule has 5 heteroatoms. The van der Waals surface area contributed by atoms with E-state index in [9.17, 15) is 4.79 Å². The van der Waals surface area contributed by atoms with E-state index in [0.717, 1.165) is 57.0 Å². The lowest BCUT2D eigenvalue weighted by atomic mass is 10.00. The minimum atomic E-state index is 0.265. The highest BCUT2D eigenvalue weighted by Crippen LogP contribution is 2.29. The largest absolute Gasteiger partial charge is 0.377 e. The Hall–Kier alpha value is -0.910. The maximum Gasteiger partial charge on any atom is 0.263 e. The maximum absolute atomic E-state index is 13.1.